The summed E-state index contributed by atoms with van der Waals surface area (Å²) >= 11 is 4.02. The zero-order chi connectivity index (χ0) is 18.4. The lowest BCUT2D eigenvalue weighted by Gasteiger charge is -2.36. The maximum Gasteiger partial charge on any atom is 0.251 e. The van der Waals surface area contributed by atoms with E-state index >= 15 is 0 Å². The quantitative estimate of drug-likeness (QED) is 0.798. The van der Waals surface area contributed by atoms with Crippen molar-refractivity contribution in [3.05, 3.63) is 35.4 Å². The van der Waals surface area contributed by atoms with E-state index < -0.39 is 0 Å². The second-order valence-corrected chi connectivity index (χ2v) is 9.94. The minimum atomic E-state index is 0.0272. The van der Waals surface area contributed by atoms with Crippen LogP contribution in [0.2, 0.25) is 0 Å². The van der Waals surface area contributed by atoms with Crippen LogP contribution in [0.25, 0.3) is 0 Å². The number of amides is 1. The summed E-state index contributed by atoms with van der Waals surface area (Å²) in [6, 6.07) is 8.54. The van der Waals surface area contributed by atoms with Crippen LogP contribution < -0.4 is 5.32 Å². The average molecular weight is 395 g/mol. The molecule has 1 aromatic carbocycles. The second kappa shape index (κ2) is 10.0. The Bertz CT molecular complexity index is 568. The van der Waals surface area contributed by atoms with Crippen LogP contribution in [0, 0.1) is 5.92 Å². The zero-order valence-corrected chi connectivity index (χ0v) is 17.4. The van der Waals surface area contributed by atoms with Crippen LogP contribution in [0.5, 0.6) is 0 Å². The molecular weight excluding hydrogens is 364 g/mol. The summed E-state index contributed by atoms with van der Waals surface area (Å²) in [5.74, 6) is 2.99. The number of carbonyl (C=O) groups excluding carboxylic acids is 1. The first kappa shape index (κ1) is 20.1. The van der Waals surface area contributed by atoms with Gasteiger partial charge in [0.25, 0.3) is 5.91 Å². The zero-order valence-electron chi connectivity index (χ0n) is 15.8. The Labute approximate surface area is 165 Å². The molecule has 26 heavy (non-hydrogen) atoms. The van der Waals surface area contributed by atoms with Gasteiger partial charge in [0.15, 0.2) is 0 Å². The van der Waals surface area contributed by atoms with E-state index in [2.05, 4.69) is 36.2 Å². The third-order valence-electron chi connectivity index (χ3n) is 5.03. The van der Waals surface area contributed by atoms with Crippen molar-refractivity contribution < 1.29 is 9.53 Å². The molecule has 2 aliphatic rings. The van der Waals surface area contributed by atoms with Gasteiger partial charge < -0.3 is 10.1 Å². The highest BCUT2D eigenvalue weighted by atomic mass is 32.2. The van der Waals surface area contributed by atoms with Gasteiger partial charge in [0, 0.05) is 31.2 Å². The normalized spacial score (nSPS) is 20.9. The summed E-state index contributed by atoms with van der Waals surface area (Å²) in [6.07, 6.45) is 1.30. The predicted molar refractivity (Wildman–Crippen MR) is 112 cm³/mol. The molecule has 1 aromatic rings. The first-order chi connectivity index (χ1) is 12.6. The van der Waals surface area contributed by atoms with Crippen molar-refractivity contribution in [1.82, 2.24) is 10.2 Å². The van der Waals surface area contributed by atoms with Crippen molar-refractivity contribution in [3.63, 3.8) is 0 Å². The fraction of sp³-hybridized carbons (Fsp3) is 0.650. The third-order valence-corrected chi connectivity index (χ3v) is 8.04. The molecular formula is C20H30N2O2S2. The van der Waals surface area contributed by atoms with Crippen molar-refractivity contribution in [1.29, 1.82) is 0 Å². The monoisotopic (exact) mass is 394 g/mol. The van der Waals surface area contributed by atoms with Crippen LogP contribution in [-0.4, -0.2) is 61.2 Å². The van der Waals surface area contributed by atoms with Crippen LogP contribution in [0.4, 0.5) is 0 Å². The number of hydrogen-bond donors (Lipinski definition) is 1. The summed E-state index contributed by atoms with van der Waals surface area (Å²) in [4.78, 5) is 15.0. The average Bonchev–Trinajstić information content (AvgIpc) is 2.69. The molecule has 0 aromatic heterocycles. The highest BCUT2D eigenvalue weighted by molar-refractivity contribution is 8.16. The van der Waals surface area contributed by atoms with E-state index in [1.54, 1.807) is 0 Å². The van der Waals surface area contributed by atoms with E-state index in [9.17, 15) is 4.79 Å². The van der Waals surface area contributed by atoms with Gasteiger partial charge in [-0.2, -0.15) is 0 Å². The van der Waals surface area contributed by atoms with Crippen LogP contribution in [-0.2, 0) is 4.74 Å². The maximum absolute atomic E-state index is 12.6. The number of ether oxygens (including phenoxy) is 1. The lowest BCUT2D eigenvalue weighted by atomic mass is 10.0. The molecule has 2 aliphatic heterocycles. The smallest absolute Gasteiger partial charge is 0.251 e. The van der Waals surface area contributed by atoms with Crippen LogP contribution in [0.1, 0.15) is 40.8 Å². The van der Waals surface area contributed by atoms with E-state index in [0.29, 0.717) is 23.1 Å². The number of benzene rings is 1. The standard InChI is InChI=1S/C20H30N2O2S2/c1-15(2)18(22-8-10-24-11-9-22)14-21-19(23)16-4-6-17(7-5-16)20-25-12-3-13-26-20/h4-7,15,18,20H,3,8-14H2,1-2H3,(H,21,23). The Morgan fingerprint density at radius 3 is 2.46 bits per heavy atom. The van der Waals surface area contributed by atoms with Crippen LogP contribution in [0.3, 0.4) is 0 Å². The van der Waals surface area contributed by atoms with Gasteiger partial charge in [0.1, 0.15) is 0 Å². The molecule has 2 fully saturated rings. The number of thioether (sulfide) groups is 2. The Hall–Kier alpha value is -0.690. The minimum absolute atomic E-state index is 0.0272. The van der Waals surface area contributed by atoms with Gasteiger partial charge in [-0.3, -0.25) is 9.69 Å². The molecule has 1 atom stereocenters. The second-order valence-electron chi connectivity index (χ2n) is 7.22. The highest BCUT2D eigenvalue weighted by Crippen LogP contribution is 2.43. The number of hydrogen-bond acceptors (Lipinski definition) is 5. The van der Waals surface area contributed by atoms with Gasteiger partial charge in [-0.25, -0.2) is 0 Å². The summed E-state index contributed by atoms with van der Waals surface area (Å²) in [7, 11) is 0. The molecule has 0 aliphatic carbocycles. The summed E-state index contributed by atoms with van der Waals surface area (Å²) in [6.45, 7) is 8.60. The Kier molecular flexibility index (Phi) is 7.73. The molecule has 0 radical (unpaired) electrons. The number of nitrogens with one attached hydrogen (secondary N) is 1. The topological polar surface area (TPSA) is 41.6 Å². The third kappa shape index (κ3) is 5.41. The number of nitrogens with zero attached hydrogens (tertiary/aromatic N) is 1. The Morgan fingerprint density at radius 2 is 1.85 bits per heavy atom. The van der Waals surface area contributed by atoms with Crippen molar-refractivity contribution in [3.8, 4) is 0 Å². The highest BCUT2D eigenvalue weighted by Gasteiger charge is 2.24. The van der Waals surface area contributed by atoms with E-state index in [1.165, 1.54) is 23.5 Å². The van der Waals surface area contributed by atoms with E-state index in [4.69, 9.17) is 4.74 Å². The summed E-state index contributed by atoms with van der Waals surface area (Å²) in [5, 5.41) is 3.14. The Morgan fingerprint density at radius 1 is 1.19 bits per heavy atom. The molecule has 0 bridgehead atoms. The van der Waals surface area contributed by atoms with Crippen molar-refractivity contribution in [2.24, 2.45) is 5.92 Å². The van der Waals surface area contributed by atoms with Crippen molar-refractivity contribution in [2.45, 2.75) is 30.9 Å². The molecule has 2 saturated heterocycles. The number of carbonyl (C=O) groups is 1. The van der Waals surface area contributed by atoms with Gasteiger partial charge in [0.05, 0.1) is 17.8 Å². The maximum atomic E-state index is 12.6. The summed E-state index contributed by atoms with van der Waals surface area (Å²) in [5.41, 5.74) is 2.08. The number of morpholine rings is 1. The van der Waals surface area contributed by atoms with E-state index in [1.807, 2.05) is 35.7 Å². The molecule has 144 valence electrons. The van der Waals surface area contributed by atoms with Gasteiger partial charge in [-0.1, -0.05) is 26.0 Å². The first-order valence-corrected chi connectivity index (χ1v) is 11.7. The van der Waals surface area contributed by atoms with Gasteiger partial charge in [-0.15, -0.1) is 23.5 Å². The van der Waals surface area contributed by atoms with Crippen molar-refractivity contribution in [2.75, 3.05) is 44.4 Å². The van der Waals surface area contributed by atoms with Gasteiger partial charge in [-0.05, 0) is 41.5 Å². The molecule has 1 unspecified atom stereocenters. The van der Waals surface area contributed by atoms with Gasteiger partial charge in [0.2, 0.25) is 0 Å². The summed E-state index contributed by atoms with van der Waals surface area (Å²) < 4.78 is 5.97. The Balaban J connectivity index is 1.54. The minimum Gasteiger partial charge on any atom is -0.379 e. The molecule has 2 heterocycles. The number of rotatable bonds is 6. The molecule has 1 amide bonds. The molecule has 6 heteroatoms. The van der Waals surface area contributed by atoms with E-state index in [-0.39, 0.29) is 5.91 Å². The lowest BCUT2D eigenvalue weighted by Crippen LogP contribution is -2.51. The molecule has 1 N–H and O–H groups in total. The fourth-order valence-corrected chi connectivity index (χ4v) is 6.36. The lowest BCUT2D eigenvalue weighted by molar-refractivity contribution is 0.00673. The molecule has 0 spiro atoms. The van der Waals surface area contributed by atoms with Crippen LogP contribution in [0.15, 0.2) is 24.3 Å². The largest absolute Gasteiger partial charge is 0.379 e. The fourth-order valence-electron chi connectivity index (χ4n) is 3.47. The molecule has 3 rings (SSSR count). The predicted octanol–water partition coefficient (Wildman–Crippen LogP) is 3.64. The molecule has 0 saturated carbocycles. The van der Waals surface area contributed by atoms with Crippen LogP contribution >= 0.6 is 23.5 Å². The first-order valence-electron chi connectivity index (χ1n) is 9.58. The van der Waals surface area contributed by atoms with Crippen molar-refractivity contribution >= 4 is 29.4 Å². The van der Waals surface area contributed by atoms with E-state index in [0.717, 1.165) is 31.9 Å². The SMILES string of the molecule is CC(C)C(CNC(=O)c1ccc(C2SCCCS2)cc1)N1CCOCC1. The molecule has 4 nitrogen and oxygen atoms in total. The van der Waals surface area contributed by atoms with Gasteiger partial charge >= 0.3 is 0 Å².